The third kappa shape index (κ3) is 6.05. The van der Waals surface area contributed by atoms with Crippen molar-refractivity contribution in [1.29, 1.82) is 0 Å². The number of hydrogen-bond donors (Lipinski definition) is 1. The summed E-state index contributed by atoms with van der Waals surface area (Å²) in [6, 6.07) is 7.45. The molecular weight excluding hydrogens is 414 g/mol. The van der Waals surface area contributed by atoms with Gasteiger partial charge in [-0.2, -0.15) is 5.01 Å². The Morgan fingerprint density at radius 2 is 1.80 bits per heavy atom. The van der Waals surface area contributed by atoms with Gasteiger partial charge in [0.25, 0.3) is 5.69 Å². The van der Waals surface area contributed by atoms with E-state index in [4.69, 9.17) is 23.7 Å². The van der Waals surface area contributed by atoms with E-state index in [9.17, 15) is 10.1 Å². The summed E-state index contributed by atoms with van der Waals surface area (Å²) in [5, 5.41) is 17.0. The Kier molecular flexibility index (Phi) is 7.14. The van der Waals surface area contributed by atoms with Crippen LogP contribution in [0.4, 0.5) is 5.69 Å². The molecule has 1 aromatic rings. The standard InChI is InChI=1S/C20H21N3O2.ClHO4/c24-23(25)18-11-9-15(10-12-18)14-21-22-19-7-3-1-5-16(19)13-17-6-2-4-8-20(17)22;2-1(3,4)5/h1,3,5,9-14,19-20H,2,4,6-8H2;(H,2,3,4,5). The summed E-state index contributed by atoms with van der Waals surface area (Å²) < 4.78 is 34.0. The quantitative estimate of drug-likeness (QED) is 0.335. The van der Waals surface area contributed by atoms with Crippen LogP contribution < -0.4 is 23.6 Å². The van der Waals surface area contributed by atoms with E-state index in [-0.39, 0.29) is 10.6 Å². The van der Waals surface area contributed by atoms with Crippen LogP contribution in [0.3, 0.4) is 0 Å². The first-order valence-corrected chi connectivity index (χ1v) is 10.8. The smallest absolute Gasteiger partial charge is 0.258 e. The second-order valence-corrected chi connectivity index (χ2v) is 8.07. The van der Waals surface area contributed by atoms with Crippen LogP contribution in [0.25, 0.3) is 0 Å². The van der Waals surface area contributed by atoms with Gasteiger partial charge in [0.05, 0.1) is 11.1 Å². The van der Waals surface area contributed by atoms with Crippen molar-refractivity contribution in [2.45, 2.75) is 44.2 Å². The highest BCUT2D eigenvalue weighted by atomic mass is 35.7. The number of fused-ring (bicyclic) bond motifs is 2. The number of nitro benzene ring substituents is 1. The van der Waals surface area contributed by atoms with Crippen molar-refractivity contribution in [3.05, 3.63) is 75.4 Å². The summed E-state index contributed by atoms with van der Waals surface area (Å²) in [6.45, 7) is 0. The predicted molar refractivity (Wildman–Crippen MR) is 97.6 cm³/mol. The molecule has 1 aromatic carbocycles. The average molecular weight is 436 g/mol. The van der Waals surface area contributed by atoms with Gasteiger partial charge in [0.2, 0.25) is 0 Å². The fourth-order valence-electron chi connectivity index (χ4n) is 4.10. The highest BCUT2D eigenvalue weighted by Crippen LogP contribution is 2.29. The maximum atomic E-state index is 10.8. The first-order valence-electron chi connectivity index (χ1n) is 9.56. The number of allylic oxidation sites excluding steroid dienone is 2. The van der Waals surface area contributed by atoms with Gasteiger partial charge in [-0.05, 0) is 48.6 Å². The maximum absolute atomic E-state index is 10.8. The number of halogens is 1. The Bertz CT molecular complexity index is 883. The Labute approximate surface area is 175 Å². The lowest BCUT2D eigenvalue weighted by Crippen LogP contribution is -3.16. The summed E-state index contributed by atoms with van der Waals surface area (Å²) in [5.74, 6) is 0. The average Bonchev–Trinajstić information content (AvgIpc) is 2.70. The van der Waals surface area contributed by atoms with Crippen LogP contribution in [0.15, 0.2) is 64.8 Å². The zero-order chi connectivity index (χ0) is 21.7. The summed E-state index contributed by atoms with van der Waals surface area (Å²) in [5.41, 5.74) is 3.93. The van der Waals surface area contributed by atoms with Gasteiger partial charge in [-0.15, -0.1) is 10.2 Å². The molecule has 1 saturated carbocycles. The second kappa shape index (κ2) is 9.61. The molecule has 30 heavy (non-hydrogen) atoms. The van der Waals surface area contributed by atoms with E-state index >= 15 is 0 Å². The van der Waals surface area contributed by atoms with Crippen molar-refractivity contribution in [2.75, 3.05) is 0 Å². The zero-order valence-corrected chi connectivity index (χ0v) is 16.9. The molecular formula is C20H22ClN3O6. The molecule has 0 spiro atoms. The second-order valence-electron chi connectivity index (χ2n) is 7.31. The van der Waals surface area contributed by atoms with Gasteiger partial charge in [0, 0.05) is 30.5 Å². The van der Waals surface area contributed by atoms with E-state index < -0.39 is 10.2 Å². The minimum absolute atomic E-state index is 0.114. The fourth-order valence-corrected chi connectivity index (χ4v) is 4.10. The number of benzene rings is 1. The monoisotopic (exact) mass is 435 g/mol. The maximum Gasteiger partial charge on any atom is 0.269 e. The number of nitrogens with one attached hydrogen (secondary N) is 1. The summed E-state index contributed by atoms with van der Waals surface area (Å²) in [7, 11) is -4.94. The molecule has 1 fully saturated rings. The molecule has 0 radical (unpaired) electrons. The molecule has 3 unspecified atom stereocenters. The first-order chi connectivity index (χ1) is 14.2. The van der Waals surface area contributed by atoms with Gasteiger partial charge >= 0.3 is 0 Å². The van der Waals surface area contributed by atoms with Gasteiger partial charge in [-0.3, -0.25) is 10.1 Å². The molecule has 4 rings (SSSR count). The van der Waals surface area contributed by atoms with E-state index in [1.54, 1.807) is 12.1 Å². The van der Waals surface area contributed by atoms with Crippen LogP contribution in [-0.4, -0.2) is 23.2 Å². The van der Waals surface area contributed by atoms with E-state index in [1.165, 1.54) is 54.0 Å². The molecule has 1 aliphatic heterocycles. The molecule has 2 aliphatic carbocycles. The number of nitro groups is 1. The van der Waals surface area contributed by atoms with Crippen molar-refractivity contribution >= 4 is 11.9 Å². The van der Waals surface area contributed by atoms with Crippen LogP contribution in [0.2, 0.25) is 0 Å². The van der Waals surface area contributed by atoms with Crippen molar-refractivity contribution in [2.24, 2.45) is 5.10 Å². The first kappa shape index (κ1) is 22.3. The van der Waals surface area contributed by atoms with E-state index in [2.05, 4.69) is 24.3 Å². The normalized spacial score (nSPS) is 25.4. The molecule has 0 aromatic heterocycles. The van der Waals surface area contributed by atoms with Gasteiger partial charge in [0.15, 0.2) is 0 Å². The minimum Gasteiger partial charge on any atom is -0.258 e. The third-order valence-electron chi connectivity index (χ3n) is 5.39. The summed E-state index contributed by atoms with van der Waals surface area (Å²) in [6.07, 6.45) is 16.8. The number of non-ortho nitro benzene ring substituents is 1. The zero-order valence-electron chi connectivity index (χ0n) is 16.1. The fraction of sp³-hybridized carbons (Fsp3) is 0.350. The lowest BCUT2D eigenvalue weighted by Gasteiger charge is -2.39. The Morgan fingerprint density at radius 3 is 2.47 bits per heavy atom. The molecule has 1 heterocycles. The SMILES string of the molecule is O=[N+]([O-])c1ccc(C=N[NH+]2C3CC=CC=C3C=C3CCCCC32)cc1.[O-][Cl+3]([O-])([O-])[O-]. The molecule has 9 nitrogen and oxygen atoms in total. The summed E-state index contributed by atoms with van der Waals surface area (Å²) >= 11 is 0. The molecule has 0 saturated heterocycles. The molecule has 0 bridgehead atoms. The van der Waals surface area contributed by atoms with Gasteiger partial charge in [-0.25, -0.2) is 18.6 Å². The number of quaternary nitrogens is 1. The number of rotatable bonds is 3. The number of nitrogens with zero attached hydrogens (tertiary/aromatic N) is 2. The largest absolute Gasteiger partial charge is 0.269 e. The van der Waals surface area contributed by atoms with Crippen molar-refractivity contribution in [3.8, 4) is 0 Å². The van der Waals surface area contributed by atoms with E-state index in [0.29, 0.717) is 12.1 Å². The number of hydrogen-bond acceptors (Lipinski definition) is 7. The highest BCUT2D eigenvalue weighted by molar-refractivity contribution is 5.79. The highest BCUT2D eigenvalue weighted by Gasteiger charge is 2.40. The predicted octanol–water partition coefficient (Wildman–Crippen LogP) is -1.80. The van der Waals surface area contributed by atoms with E-state index in [1.807, 2.05) is 6.21 Å². The van der Waals surface area contributed by atoms with Crippen molar-refractivity contribution in [1.82, 2.24) is 0 Å². The lowest BCUT2D eigenvalue weighted by molar-refractivity contribution is -2.00. The van der Waals surface area contributed by atoms with Crippen LogP contribution in [0, 0.1) is 20.4 Å². The molecule has 1 N–H and O–H groups in total. The van der Waals surface area contributed by atoms with Crippen LogP contribution in [0.1, 0.15) is 37.7 Å². The topological polar surface area (TPSA) is 152 Å². The molecule has 3 atom stereocenters. The van der Waals surface area contributed by atoms with E-state index in [0.717, 1.165) is 12.0 Å². The molecule has 0 amide bonds. The Balaban J connectivity index is 0.000000461. The van der Waals surface area contributed by atoms with Gasteiger partial charge in [-0.1, -0.05) is 23.3 Å². The van der Waals surface area contributed by atoms with Crippen LogP contribution in [-0.2, 0) is 0 Å². The van der Waals surface area contributed by atoms with Crippen molar-refractivity contribution in [3.63, 3.8) is 0 Å². The van der Waals surface area contributed by atoms with Crippen molar-refractivity contribution < 1.29 is 38.8 Å². The lowest BCUT2D eigenvalue weighted by atomic mass is 9.81. The third-order valence-corrected chi connectivity index (χ3v) is 5.39. The Hall–Kier alpha value is -2.40. The van der Waals surface area contributed by atoms with Crippen LogP contribution >= 0.6 is 0 Å². The minimum atomic E-state index is -4.94. The molecule has 10 heteroatoms. The van der Waals surface area contributed by atoms with Gasteiger partial charge in [0.1, 0.15) is 12.1 Å². The van der Waals surface area contributed by atoms with Gasteiger partial charge < -0.3 is 0 Å². The molecule has 160 valence electrons. The Morgan fingerprint density at radius 1 is 1.10 bits per heavy atom. The van der Waals surface area contributed by atoms with Crippen LogP contribution in [0.5, 0.6) is 0 Å². The molecule has 3 aliphatic rings. The summed E-state index contributed by atoms with van der Waals surface area (Å²) in [4.78, 5) is 10.4.